The lowest BCUT2D eigenvalue weighted by Crippen LogP contribution is -2.31. The van der Waals surface area contributed by atoms with Gasteiger partial charge in [-0.05, 0) is 48.9 Å². The van der Waals surface area contributed by atoms with Crippen LogP contribution in [0, 0.1) is 12.7 Å². The number of rotatable bonds is 5. The Morgan fingerprint density at radius 3 is 2.15 bits per heavy atom. The van der Waals surface area contributed by atoms with Crippen LogP contribution in [0.15, 0.2) is 82.2 Å². The van der Waals surface area contributed by atoms with Gasteiger partial charge in [0.25, 0.3) is 10.0 Å². The van der Waals surface area contributed by atoms with Crippen molar-refractivity contribution in [3.05, 3.63) is 94.2 Å². The van der Waals surface area contributed by atoms with Gasteiger partial charge in [-0.25, -0.2) is 12.8 Å². The van der Waals surface area contributed by atoms with Crippen molar-refractivity contribution in [1.29, 1.82) is 0 Å². The Kier molecular flexibility index (Phi) is 5.44. The number of halogens is 2. The quantitative estimate of drug-likeness (QED) is 0.547. The minimum Gasteiger partial charge on any atom is -0.262 e. The second-order valence-corrected chi connectivity index (χ2v) is 8.65. The fraction of sp³-hybridized carbons (Fsp3) is 0.100. The molecule has 0 aliphatic carbocycles. The molecule has 0 atom stereocenters. The van der Waals surface area contributed by atoms with Crippen LogP contribution in [0.5, 0.6) is 0 Å². The molecule has 3 nitrogen and oxygen atoms in total. The first-order chi connectivity index (χ1) is 12.4. The molecular formula is C20H17BrFNO2S. The molecule has 0 aromatic heterocycles. The zero-order chi connectivity index (χ0) is 18.7. The van der Waals surface area contributed by atoms with Crippen LogP contribution in [0.2, 0.25) is 0 Å². The third kappa shape index (κ3) is 3.97. The topological polar surface area (TPSA) is 37.4 Å². The molecule has 0 aliphatic rings. The molecule has 26 heavy (non-hydrogen) atoms. The van der Waals surface area contributed by atoms with Crippen molar-refractivity contribution in [2.75, 3.05) is 4.31 Å². The first-order valence-electron chi connectivity index (χ1n) is 7.96. The molecule has 0 radical (unpaired) electrons. The normalized spacial score (nSPS) is 11.3. The number of nitrogens with zero attached hydrogens (tertiary/aromatic N) is 1. The van der Waals surface area contributed by atoms with Gasteiger partial charge < -0.3 is 0 Å². The van der Waals surface area contributed by atoms with Crippen molar-refractivity contribution >= 4 is 31.6 Å². The molecule has 0 saturated carbocycles. The molecule has 0 aliphatic heterocycles. The minimum absolute atomic E-state index is 0.110. The Bertz CT molecular complexity index is 1000. The second-order valence-electron chi connectivity index (χ2n) is 5.90. The van der Waals surface area contributed by atoms with Gasteiger partial charge in [0, 0.05) is 4.47 Å². The molecule has 0 fully saturated rings. The summed E-state index contributed by atoms with van der Waals surface area (Å²) in [6.07, 6.45) is 0. The van der Waals surface area contributed by atoms with E-state index in [0.717, 1.165) is 21.7 Å². The number of benzene rings is 3. The molecule has 134 valence electrons. The van der Waals surface area contributed by atoms with E-state index in [1.54, 1.807) is 24.3 Å². The maximum absolute atomic E-state index is 14.2. The third-order valence-corrected chi connectivity index (χ3v) is 6.30. The summed E-state index contributed by atoms with van der Waals surface area (Å²) in [6, 6.07) is 19.9. The molecule has 0 unspecified atom stereocenters. The second kappa shape index (κ2) is 7.60. The smallest absolute Gasteiger partial charge is 0.262 e. The zero-order valence-corrected chi connectivity index (χ0v) is 16.5. The summed E-state index contributed by atoms with van der Waals surface area (Å²) < 4.78 is 42.6. The van der Waals surface area contributed by atoms with Crippen molar-refractivity contribution in [3.63, 3.8) is 0 Å². The summed E-state index contributed by atoms with van der Waals surface area (Å²) >= 11 is 3.35. The highest BCUT2D eigenvalue weighted by molar-refractivity contribution is 9.10. The summed E-state index contributed by atoms with van der Waals surface area (Å²) in [6.45, 7) is 2.07. The van der Waals surface area contributed by atoms with E-state index >= 15 is 0 Å². The number of sulfonamides is 1. The molecule has 0 spiro atoms. The molecule has 0 saturated heterocycles. The Hall–Kier alpha value is -2.18. The zero-order valence-electron chi connectivity index (χ0n) is 14.1. The molecule has 3 aromatic carbocycles. The fourth-order valence-electron chi connectivity index (χ4n) is 2.55. The van der Waals surface area contributed by atoms with Crippen LogP contribution in [-0.4, -0.2) is 8.42 Å². The Morgan fingerprint density at radius 2 is 1.54 bits per heavy atom. The van der Waals surface area contributed by atoms with Crippen LogP contribution in [0.4, 0.5) is 10.1 Å². The first kappa shape index (κ1) is 18.6. The van der Waals surface area contributed by atoms with Gasteiger partial charge in [0.1, 0.15) is 10.7 Å². The molecule has 0 heterocycles. The lowest BCUT2D eigenvalue weighted by atomic mass is 10.1. The Labute approximate surface area is 161 Å². The predicted molar refractivity (Wildman–Crippen MR) is 105 cm³/mol. The van der Waals surface area contributed by atoms with Crippen LogP contribution in [-0.2, 0) is 16.6 Å². The van der Waals surface area contributed by atoms with Crippen molar-refractivity contribution < 1.29 is 12.8 Å². The van der Waals surface area contributed by atoms with E-state index in [0.29, 0.717) is 5.69 Å². The van der Waals surface area contributed by atoms with Crippen LogP contribution in [0.1, 0.15) is 11.1 Å². The summed E-state index contributed by atoms with van der Waals surface area (Å²) in [4.78, 5) is -0.338. The molecule has 0 amide bonds. The van der Waals surface area contributed by atoms with Gasteiger partial charge in [-0.3, -0.25) is 4.31 Å². The van der Waals surface area contributed by atoms with Crippen molar-refractivity contribution in [2.24, 2.45) is 0 Å². The van der Waals surface area contributed by atoms with E-state index in [1.807, 2.05) is 31.2 Å². The molecule has 3 rings (SSSR count). The lowest BCUT2D eigenvalue weighted by Gasteiger charge is -2.25. The maximum atomic E-state index is 14.2. The monoisotopic (exact) mass is 433 g/mol. The average Bonchev–Trinajstić information content (AvgIpc) is 2.62. The summed E-state index contributed by atoms with van der Waals surface area (Å²) in [5, 5.41) is 0. The van der Waals surface area contributed by atoms with E-state index in [9.17, 15) is 12.8 Å². The molecule has 6 heteroatoms. The van der Waals surface area contributed by atoms with Crippen molar-refractivity contribution in [1.82, 2.24) is 0 Å². The molecule has 0 bridgehead atoms. The van der Waals surface area contributed by atoms with E-state index < -0.39 is 15.8 Å². The average molecular weight is 434 g/mol. The van der Waals surface area contributed by atoms with Crippen LogP contribution < -0.4 is 4.31 Å². The molecular weight excluding hydrogens is 417 g/mol. The third-order valence-electron chi connectivity index (χ3n) is 3.97. The maximum Gasteiger partial charge on any atom is 0.267 e. The standard InChI is InChI=1S/C20H17BrFNO2S/c1-15-6-8-16(9-7-15)14-23(18-12-10-17(21)11-13-18)26(24,25)20-5-3-2-4-19(20)22/h2-13H,14H2,1H3. The number of anilines is 1. The van der Waals surface area contributed by atoms with Gasteiger partial charge in [-0.15, -0.1) is 0 Å². The largest absolute Gasteiger partial charge is 0.267 e. The minimum atomic E-state index is -4.06. The van der Waals surface area contributed by atoms with E-state index in [1.165, 1.54) is 22.5 Å². The SMILES string of the molecule is Cc1ccc(CN(c2ccc(Br)cc2)S(=O)(=O)c2ccccc2F)cc1. The Balaban J connectivity index is 2.09. The summed E-state index contributed by atoms with van der Waals surface area (Å²) in [5.41, 5.74) is 2.37. The summed E-state index contributed by atoms with van der Waals surface area (Å²) in [5.74, 6) is -0.765. The van der Waals surface area contributed by atoms with E-state index in [4.69, 9.17) is 0 Å². The van der Waals surface area contributed by atoms with Gasteiger partial charge in [0.15, 0.2) is 0 Å². The van der Waals surface area contributed by atoms with Crippen LogP contribution in [0.3, 0.4) is 0 Å². The van der Waals surface area contributed by atoms with Gasteiger partial charge in [0.05, 0.1) is 12.2 Å². The number of hydrogen-bond donors (Lipinski definition) is 0. The van der Waals surface area contributed by atoms with Gasteiger partial charge in [0.2, 0.25) is 0 Å². The van der Waals surface area contributed by atoms with Crippen molar-refractivity contribution in [3.8, 4) is 0 Å². The number of hydrogen-bond acceptors (Lipinski definition) is 2. The van der Waals surface area contributed by atoms with E-state index in [2.05, 4.69) is 15.9 Å². The number of aryl methyl sites for hydroxylation is 1. The van der Waals surface area contributed by atoms with E-state index in [-0.39, 0.29) is 11.4 Å². The predicted octanol–water partition coefficient (Wildman–Crippen LogP) is 5.29. The lowest BCUT2D eigenvalue weighted by molar-refractivity contribution is 0.563. The highest BCUT2D eigenvalue weighted by atomic mass is 79.9. The highest BCUT2D eigenvalue weighted by Crippen LogP contribution is 2.28. The van der Waals surface area contributed by atoms with Gasteiger partial charge >= 0.3 is 0 Å². The van der Waals surface area contributed by atoms with Gasteiger partial charge in [-0.1, -0.05) is 57.9 Å². The summed E-state index contributed by atoms with van der Waals surface area (Å²) in [7, 11) is -4.06. The van der Waals surface area contributed by atoms with Gasteiger partial charge in [-0.2, -0.15) is 0 Å². The molecule has 3 aromatic rings. The van der Waals surface area contributed by atoms with Crippen LogP contribution >= 0.6 is 15.9 Å². The Morgan fingerprint density at radius 1 is 0.923 bits per heavy atom. The molecule has 0 N–H and O–H groups in total. The van der Waals surface area contributed by atoms with Crippen LogP contribution in [0.25, 0.3) is 0 Å². The first-order valence-corrected chi connectivity index (χ1v) is 10.2. The highest BCUT2D eigenvalue weighted by Gasteiger charge is 2.27. The fourth-order valence-corrected chi connectivity index (χ4v) is 4.34. The van der Waals surface area contributed by atoms with Crippen molar-refractivity contribution in [2.45, 2.75) is 18.4 Å².